The van der Waals surface area contributed by atoms with Gasteiger partial charge >= 0.3 is 0 Å². The van der Waals surface area contributed by atoms with Gasteiger partial charge in [0.15, 0.2) is 0 Å². The van der Waals surface area contributed by atoms with Crippen molar-refractivity contribution in [3.05, 3.63) is 12.5 Å². The molecule has 0 amide bonds. The van der Waals surface area contributed by atoms with Gasteiger partial charge in [-0.15, -0.1) is 0 Å². The van der Waals surface area contributed by atoms with Crippen LogP contribution in [0.1, 0.15) is 0 Å². The van der Waals surface area contributed by atoms with Gasteiger partial charge in [-0.05, 0) is 0 Å². The number of H-pyrrole nitrogens is 1. The number of nitrogens with one attached hydrogen (secondary N) is 1. The van der Waals surface area contributed by atoms with E-state index in [1.807, 2.05) is 0 Å². The third kappa shape index (κ3) is 0.619. The Morgan fingerprint density at radius 3 is 2.83 bits per heavy atom. The molecule has 6 heavy (non-hydrogen) atoms. The first-order valence-corrected chi connectivity index (χ1v) is 2.21. The predicted octanol–water partition coefficient (Wildman–Crippen LogP) is -0.796. The summed E-state index contributed by atoms with van der Waals surface area (Å²) in [6.07, 6.45) is 3.38. The van der Waals surface area contributed by atoms with E-state index in [0.717, 1.165) is 4.56 Å². The lowest BCUT2D eigenvalue weighted by Crippen LogP contribution is -1.99. The Balaban J connectivity index is 3.05. The topological polar surface area (TPSA) is 28.7 Å². The summed E-state index contributed by atoms with van der Waals surface area (Å²) in [4.78, 5) is 6.60. The number of imidazole rings is 1. The van der Waals surface area contributed by atoms with Crippen LogP contribution in [0.2, 0.25) is 0 Å². The molecule has 2 radical (unpaired) electrons. The highest BCUT2D eigenvalue weighted by molar-refractivity contribution is 6.30. The second-order valence-electron chi connectivity index (χ2n) is 1.01. The van der Waals surface area contributed by atoms with Crippen LogP contribution in [0.15, 0.2) is 12.5 Å². The second-order valence-corrected chi connectivity index (χ2v) is 1.63. The Kier molecular flexibility index (Phi) is 0.954. The maximum atomic E-state index is 3.75. The van der Waals surface area contributed by atoms with E-state index in [0.29, 0.717) is 0 Å². The predicted molar refractivity (Wildman–Crippen MR) is 24.0 cm³/mol. The molecule has 0 aliphatic rings. The Hall–Kier alpha value is -0.258. The lowest BCUT2D eigenvalue weighted by Gasteiger charge is -1.69. The van der Waals surface area contributed by atoms with E-state index in [1.165, 1.54) is 0 Å². The largest absolute Gasteiger partial charge is 0.367 e. The molecule has 3 heteroatoms. The molecule has 0 aromatic carbocycles. The molecule has 28 valence electrons. The van der Waals surface area contributed by atoms with Crippen LogP contribution in [0.25, 0.3) is 0 Å². The third-order valence-corrected chi connectivity index (χ3v) is 0.835. The van der Waals surface area contributed by atoms with Gasteiger partial charge in [-0.2, -0.15) is 0 Å². The van der Waals surface area contributed by atoms with Gasteiger partial charge in [0.2, 0.25) is 16.3 Å². The van der Waals surface area contributed by atoms with Crippen LogP contribution in [0.4, 0.5) is 0 Å². The quantitative estimate of drug-likeness (QED) is 0.419. The second kappa shape index (κ2) is 1.46. The molecule has 1 rings (SSSR count). The van der Waals surface area contributed by atoms with E-state index in [4.69, 9.17) is 0 Å². The number of rotatable bonds is 0. The summed E-state index contributed by atoms with van der Waals surface area (Å²) < 4.78 is 1.02. The van der Waals surface area contributed by atoms with Crippen molar-refractivity contribution in [2.45, 2.75) is 0 Å². The summed E-state index contributed by atoms with van der Waals surface area (Å²) in [7, 11) is 0. The summed E-state index contributed by atoms with van der Waals surface area (Å²) in [6.45, 7) is 0. The molecule has 0 aliphatic carbocycles. The molecule has 1 heterocycles. The monoisotopic (exact) mass is 94.0 g/mol. The molecular formula is C3H3AlN2. The molecule has 2 nitrogen and oxygen atoms in total. The van der Waals surface area contributed by atoms with E-state index in [-0.39, 0.29) is 0 Å². The van der Waals surface area contributed by atoms with Crippen LogP contribution in [0, 0.1) is 0 Å². The molecule has 0 aliphatic heterocycles. The number of aromatic amines is 1. The van der Waals surface area contributed by atoms with Crippen LogP contribution in [0.5, 0.6) is 0 Å². The van der Waals surface area contributed by atoms with E-state index < -0.39 is 0 Å². The molecule has 0 saturated carbocycles. The van der Waals surface area contributed by atoms with Crippen molar-refractivity contribution >= 4 is 20.8 Å². The van der Waals surface area contributed by atoms with E-state index in [9.17, 15) is 0 Å². The van der Waals surface area contributed by atoms with Gasteiger partial charge in [0.05, 0.1) is 6.33 Å². The van der Waals surface area contributed by atoms with Gasteiger partial charge < -0.3 is 4.98 Å². The van der Waals surface area contributed by atoms with E-state index in [1.54, 1.807) is 12.5 Å². The van der Waals surface area contributed by atoms with Crippen molar-refractivity contribution < 1.29 is 0 Å². The van der Waals surface area contributed by atoms with Gasteiger partial charge in [-0.25, -0.2) is 4.98 Å². The Labute approximate surface area is 44.0 Å². The maximum absolute atomic E-state index is 3.75. The van der Waals surface area contributed by atoms with Crippen molar-refractivity contribution in [1.29, 1.82) is 0 Å². The smallest absolute Gasteiger partial charge is 0.208 e. The van der Waals surface area contributed by atoms with Crippen molar-refractivity contribution in [1.82, 2.24) is 9.97 Å². The molecule has 0 saturated heterocycles. The molecule has 1 aromatic rings. The molecular weight excluding hydrogens is 91.0 g/mol. The number of hydrogen-bond acceptors (Lipinski definition) is 1. The van der Waals surface area contributed by atoms with Crippen molar-refractivity contribution in [2.24, 2.45) is 0 Å². The zero-order chi connectivity index (χ0) is 4.41. The SMILES string of the molecule is [Al][c]1cnc[nH]1. The Bertz CT molecular complexity index is 112. The molecule has 1 aromatic heterocycles. The van der Waals surface area contributed by atoms with Gasteiger partial charge in [0.25, 0.3) is 0 Å². The first-order chi connectivity index (χ1) is 2.89. The number of hydrogen-bond donors (Lipinski definition) is 1. The molecule has 1 N–H and O–H groups in total. The fourth-order valence-corrected chi connectivity index (χ4v) is 0.427. The van der Waals surface area contributed by atoms with Crippen LogP contribution in [0.3, 0.4) is 0 Å². The summed E-state index contributed by atoms with van der Waals surface area (Å²) in [5.41, 5.74) is 0. The zero-order valence-electron chi connectivity index (χ0n) is 3.18. The zero-order valence-corrected chi connectivity index (χ0v) is 4.33. The summed E-state index contributed by atoms with van der Waals surface area (Å²) >= 11 is 2.50. The highest BCUT2D eigenvalue weighted by Gasteiger charge is 1.72. The number of aromatic nitrogens is 2. The maximum Gasteiger partial charge on any atom is 0.208 e. The first-order valence-electron chi connectivity index (χ1n) is 1.63. The van der Waals surface area contributed by atoms with Crippen LogP contribution < -0.4 is 4.56 Å². The minimum Gasteiger partial charge on any atom is -0.367 e. The van der Waals surface area contributed by atoms with Crippen LogP contribution >= 0.6 is 0 Å². The standard InChI is InChI=1S/C3H3N2.Al/c1-2-5-3-4-1;/h1,3H,(H,4,5);. The van der Waals surface area contributed by atoms with Gasteiger partial charge in [0, 0.05) is 6.20 Å². The molecule has 0 atom stereocenters. The fraction of sp³-hybridized carbons (Fsp3) is 0. The average Bonchev–Trinajstić information content (AvgIpc) is 1.86. The minimum absolute atomic E-state index is 1.02. The molecule has 0 spiro atoms. The van der Waals surface area contributed by atoms with Crippen LogP contribution in [-0.2, 0) is 0 Å². The average molecular weight is 94.1 g/mol. The lowest BCUT2D eigenvalue weighted by atomic mass is 10.9. The van der Waals surface area contributed by atoms with Crippen molar-refractivity contribution in [3.63, 3.8) is 0 Å². The van der Waals surface area contributed by atoms with Crippen LogP contribution in [-0.4, -0.2) is 26.3 Å². The molecule has 0 bridgehead atoms. The third-order valence-electron chi connectivity index (χ3n) is 0.519. The summed E-state index contributed by atoms with van der Waals surface area (Å²) in [5, 5.41) is 0. The number of nitrogens with zero attached hydrogens (tertiary/aromatic N) is 1. The lowest BCUT2D eigenvalue weighted by molar-refractivity contribution is 1.32. The van der Waals surface area contributed by atoms with E-state index in [2.05, 4.69) is 26.3 Å². The Morgan fingerprint density at radius 1 is 1.83 bits per heavy atom. The van der Waals surface area contributed by atoms with E-state index >= 15 is 0 Å². The summed E-state index contributed by atoms with van der Waals surface area (Å²) in [6, 6.07) is 0. The fourth-order valence-electron chi connectivity index (χ4n) is 0.267. The highest BCUT2D eigenvalue weighted by atomic mass is 27.0. The van der Waals surface area contributed by atoms with Gasteiger partial charge in [-0.1, -0.05) is 4.56 Å². The Morgan fingerprint density at radius 2 is 2.67 bits per heavy atom. The highest BCUT2D eigenvalue weighted by Crippen LogP contribution is 1.58. The molecule has 0 fully saturated rings. The van der Waals surface area contributed by atoms with Gasteiger partial charge in [-0.3, -0.25) is 0 Å². The minimum atomic E-state index is 1.02. The first kappa shape index (κ1) is 3.92. The normalized spacial score (nSPS) is 8.67. The summed E-state index contributed by atoms with van der Waals surface area (Å²) in [5.74, 6) is 0. The molecule has 0 unspecified atom stereocenters. The van der Waals surface area contributed by atoms with Crippen molar-refractivity contribution in [3.8, 4) is 0 Å². The van der Waals surface area contributed by atoms with Gasteiger partial charge in [0.1, 0.15) is 0 Å². The van der Waals surface area contributed by atoms with Crippen molar-refractivity contribution in [2.75, 3.05) is 0 Å².